The van der Waals surface area contributed by atoms with Crippen LogP contribution in [0.4, 0.5) is 5.69 Å². The van der Waals surface area contributed by atoms with E-state index in [1.165, 1.54) is 18.2 Å². The van der Waals surface area contributed by atoms with Gasteiger partial charge in [0, 0.05) is 11.1 Å². The van der Waals surface area contributed by atoms with Crippen LogP contribution in [0.25, 0.3) is 10.8 Å². The number of nitrogens with two attached hydrogens (primary N) is 1. The Hall–Kier alpha value is -0.720. The second-order valence-electron chi connectivity index (χ2n) is 3.85. The topological polar surface area (TPSA) is 166 Å². The molecule has 0 saturated heterocycles. The molecule has 8 nitrogen and oxygen atoms in total. The van der Waals surface area contributed by atoms with Crippen molar-refractivity contribution in [3.63, 3.8) is 0 Å². The van der Waals surface area contributed by atoms with E-state index in [9.17, 15) is 16.8 Å². The van der Waals surface area contributed by atoms with Crippen molar-refractivity contribution in [2.75, 3.05) is 5.73 Å². The standard InChI is InChI=1S/C10H9NO6S2.Na.H2O/c11-7-1-2-9-6(3-7)4-8(18(12,13)14)5-10(9)19(15,16)17;;/h1-5H,11H2,(H,12,13,14)(H,15,16,17);;1H2/q;+1;. The zero-order valence-electron chi connectivity index (χ0n) is 10.8. The van der Waals surface area contributed by atoms with Crippen molar-refractivity contribution >= 4 is 36.7 Å². The fraction of sp³-hybridized carbons (Fsp3) is 0. The van der Waals surface area contributed by atoms with E-state index < -0.39 is 30.0 Å². The predicted molar refractivity (Wildman–Crippen MR) is 71.6 cm³/mol. The average molecular weight is 344 g/mol. The third kappa shape index (κ3) is 4.37. The van der Waals surface area contributed by atoms with Crippen molar-refractivity contribution in [1.82, 2.24) is 0 Å². The maximum Gasteiger partial charge on any atom is 1.00 e. The first-order valence-electron chi connectivity index (χ1n) is 4.87. The van der Waals surface area contributed by atoms with Gasteiger partial charge in [0.15, 0.2) is 0 Å². The van der Waals surface area contributed by atoms with Gasteiger partial charge in [-0.05, 0) is 29.7 Å². The molecule has 0 fully saturated rings. The van der Waals surface area contributed by atoms with Gasteiger partial charge < -0.3 is 11.2 Å². The Morgan fingerprint density at radius 3 is 1.95 bits per heavy atom. The molecule has 110 valence electrons. The average Bonchev–Trinajstić information content (AvgIpc) is 2.24. The van der Waals surface area contributed by atoms with Crippen molar-refractivity contribution in [1.29, 1.82) is 0 Å². The molecule has 0 aromatic heterocycles. The molecule has 0 bridgehead atoms. The van der Waals surface area contributed by atoms with Crippen LogP contribution in [0.1, 0.15) is 0 Å². The van der Waals surface area contributed by atoms with Crippen LogP contribution in [0.5, 0.6) is 0 Å². The van der Waals surface area contributed by atoms with E-state index in [0.29, 0.717) is 6.07 Å². The summed E-state index contributed by atoms with van der Waals surface area (Å²) in [6, 6.07) is 5.82. The first kappa shape index (κ1) is 20.3. The molecule has 0 amide bonds. The quantitative estimate of drug-likeness (QED) is 0.298. The molecule has 0 aliphatic rings. The van der Waals surface area contributed by atoms with Gasteiger partial charge in [0.1, 0.15) is 4.90 Å². The van der Waals surface area contributed by atoms with Crippen molar-refractivity contribution in [3.8, 4) is 0 Å². The molecule has 0 saturated carbocycles. The van der Waals surface area contributed by atoms with Gasteiger partial charge in [-0.2, -0.15) is 16.8 Å². The summed E-state index contributed by atoms with van der Waals surface area (Å²) in [6.45, 7) is 0. The van der Waals surface area contributed by atoms with Gasteiger partial charge in [-0.25, -0.2) is 0 Å². The van der Waals surface area contributed by atoms with Gasteiger partial charge in [-0.15, -0.1) is 0 Å². The minimum atomic E-state index is -4.64. The zero-order valence-corrected chi connectivity index (χ0v) is 14.4. The molecular weight excluding hydrogens is 333 g/mol. The summed E-state index contributed by atoms with van der Waals surface area (Å²) in [6.07, 6.45) is 0. The number of nitrogen functional groups attached to an aromatic ring is 1. The second-order valence-corrected chi connectivity index (χ2v) is 6.66. The summed E-state index contributed by atoms with van der Waals surface area (Å²) in [5, 5.41) is 0.270. The van der Waals surface area contributed by atoms with E-state index in [4.69, 9.17) is 14.8 Å². The van der Waals surface area contributed by atoms with Gasteiger partial charge in [0.25, 0.3) is 20.2 Å². The second kappa shape index (κ2) is 6.58. The first-order chi connectivity index (χ1) is 8.59. The van der Waals surface area contributed by atoms with Gasteiger partial charge >= 0.3 is 29.6 Å². The van der Waals surface area contributed by atoms with Crippen LogP contribution in [0.3, 0.4) is 0 Å². The van der Waals surface area contributed by atoms with E-state index in [1.54, 1.807) is 0 Å². The smallest absolute Gasteiger partial charge is 0.412 e. The molecule has 0 heterocycles. The summed E-state index contributed by atoms with van der Waals surface area (Å²) in [5.41, 5.74) is 5.80. The van der Waals surface area contributed by atoms with E-state index in [0.717, 1.165) is 6.07 Å². The number of fused-ring (bicyclic) bond motifs is 1. The Morgan fingerprint density at radius 1 is 0.905 bits per heavy atom. The minimum Gasteiger partial charge on any atom is -0.412 e. The maximum absolute atomic E-state index is 11.3. The Morgan fingerprint density at radius 2 is 1.48 bits per heavy atom. The number of hydrogen-bond donors (Lipinski definition) is 3. The summed E-state index contributed by atoms with van der Waals surface area (Å²) in [5.74, 6) is 0. The largest absolute Gasteiger partial charge is 1.00 e. The van der Waals surface area contributed by atoms with E-state index in [1.807, 2.05) is 0 Å². The molecule has 0 atom stereocenters. The Bertz CT molecular complexity index is 878. The fourth-order valence-electron chi connectivity index (χ4n) is 1.69. The van der Waals surface area contributed by atoms with Crippen LogP contribution in [0.15, 0.2) is 40.1 Å². The van der Waals surface area contributed by atoms with Crippen LogP contribution < -0.4 is 35.3 Å². The van der Waals surface area contributed by atoms with Gasteiger partial charge in [-0.3, -0.25) is 9.11 Å². The number of rotatable bonds is 2. The van der Waals surface area contributed by atoms with E-state index in [2.05, 4.69) is 0 Å². The summed E-state index contributed by atoms with van der Waals surface area (Å²) >= 11 is 0. The zero-order chi connectivity index (χ0) is 14.4. The molecule has 0 spiro atoms. The summed E-state index contributed by atoms with van der Waals surface area (Å²) in [4.78, 5) is -1.25. The van der Waals surface area contributed by atoms with Crippen LogP contribution in [0, 0.1) is 0 Å². The molecule has 6 N–H and O–H groups in total. The number of anilines is 1. The summed E-state index contributed by atoms with van der Waals surface area (Å²) < 4.78 is 62.8. The number of benzene rings is 2. The molecular formula is C10H11NNaO7S2+. The Labute approximate surface area is 143 Å². The molecule has 11 heteroatoms. The molecule has 2 aromatic rings. The third-order valence-corrected chi connectivity index (χ3v) is 4.21. The SMILES string of the molecule is Nc1ccc2c(S(=O)(=O)O)cc(S(=O)(=O)O)cc2c1.O.[Na+]. The molecule has 21 heavy (non-hydrogen) atoms. The van der Waals surface area contributed by atoms with Crippen molar-refractivity contribution in [2.24, 2.45) is 0 Å². The molecule has 0 aliphatic carbocycles. The maximum atomic E-state index is 11.3. The minimum absolute atomic E-state index is 0. The first-order valence-corrected chi connectivity index (χ1v) is 7.75. The normalized spacial score (nSPS) is 11.5. The fourth-order valence-corrected chi connectivity index (χ4v) is 3.05. The van der Waals surface area contributed by atoms with Crippen LogP contribution in [-0.2, 0) is 20.2 Å². The Kier molecular flexibility index (Phi) is 6.36. The Balaban J connectivity index is 0.00000200. The monoisotopic (exact) mass is 344 g/mol. The van der Waals surface area contributed by atoms with Gasteiger partial charge in [0.2, 0.25) is 0 Å². The van der Waals surface area contributed by atoms with Crippen LogP contribution >= 0.6 is 0 Å². The van der Waals surface area contributed by atoms with E-state index >= 15 is 0 Å². The van der Waals surface area contributed by atoms with E-state index in [-0.39, 0.29) is 51.5 Å². The third-order valence-electron chi connectivity index (χ3n) is 2.49. The predicted octanol–water partition coefficient (Wildman–Crippen LogP) is -2.91. The molecule has 2 rings (SSSR count). The molecule has 2 aromatic carbocycles. The van der Waals surface area contributed by atoms with Crippen molar-refractivity contribution < 1.29 is 61.0 Å². The number of hydrogen-bond acceptors (Lipinski definition) is 5. The van der Waals surface area contributed by atoms with Crippen LogP contribution in [0.2, 0.25) is 0 Å². The van der Waals surface area contributed by atoms with Gasteiger partial charge in [-0.1, -0.05) is 6.07 Å². The van der Waals surface area contributed by atoms with Gasteiger partial charge in [0.05, 0.1) is 4.90 Å². The van der Waals surface area contributed by atoms with Crippen LogP contribution in [-0.4, -0.2) is 31.4 Å². The summed E-state index contributed by atoms with van der Waals surface area (Å²) in [7, 11) is -9.25. The van der Waals surface area contributed by atoms with Crippen molar-refractivity contribution in [3.05, 3.63) is 30.3 Å². The molecule has 0 aliphatic heterocycles. The molecule has 0 unspecified atom stereocenters. The van der Waals surface area contributed by atoms with Crippen molar-refractivity contribution in [2.45, 2.75) is 9.79 Å². The molecule has 0 radical (unpaired) electrons.